The van der Waals surface area contributed by atoms with Crippen LogP contribution in [0.3, 0.4) is 0 Å². The normalized spacial score (nSPS) is 10.8. The summed E-state index contributed by atoms with van der Waals surface area (Å²) in [7, 11) is 0. The number of hydrogen-bond acceptors (Lipinski definition) is 2. The summed E-state index contributed by atoms with van der Waals surface area (Å²) < 4.78 is 3.49. The topological polar surface area (TPSA) is 34.9 Å². The van der Waals surface area contributed by atoms with Gasteiger partial charge in [0.15, 0.2) is 0 Å². The molecule has 0 aliphatic carbocycles. The number of aryl methyl sites for hydroxylation is 3. The van der Waals surface area contributed by atoms with Gasteiger partial charge in [-0.05, 0) is 60.0 Å². The Morgan fingerprint density at radius 1 is 1.26 bits per heavy atom. The second kappa shape index (κ2) is 5.59. The fourth-order valence-electron chi connectivity index (χ4n) is 2.04. The number of nitrogens with zero attached hydrogens (tertiary/aromatic N) is 2. The minimum atomic E-state index is -0.00933. The highest BCUT2D eigenvalue weighted by atomic mass is 79.9. The van der Waals surface area contributed by atoms with Crippen LogP contribution < -0.4 is 0 Å². The first kappa shape index (κ1) is 14.5. The van der Waals surface area contributed by atoms with Gasteiger partial charge in [0, 0.05) is 16.6 Å². The number of aromatic nitrogens is 2. The van der Waals surface area contributed by atoms with Crippen LogP contribution in [0.25, 0.3) is 0 Å². The average molecular weight is 386 g/mol. The SMILES string of the molecule is CCn1ncc(Br)c1C(=O)c1cc(C)c(Br)c(C)c1. The van der Waals surface area contributed by atoms with Crippen LogP contribution in [0.5, 0.6) is 0 Å². The van der Waals surface area contributed by atoms with E-state index in [1.54, 1.807) is 10.9 Å². The van der Waals surface area contributed by atoms with Gasteiger partial charge >= 0.3 is 0 Å². The van der Waals surface area contributed by atoms with Crippen molar-refractivity contribution in [3.8, 4) is 0 Å². The molecule has 2 rings (SSSR count). The van der Waals surface area contributed by atoms with E-state index in [0.717, 1.165) is 20.1 Å². The zero-order chi connectivity index (χ0) is 14.2. The molecule has 0 saturated carbocycles. The first-order valence-corrected chi connectivity index (χ1v) is 7.57. The van der Waals surface area contributed by atoms with Crippen molar-refractivity contribution in [1.82, 2.24) is 9.78 Å². The zero-order valence-corrected chi connectivity index (χ0v) is 14.2. The molecular weight excluding hydrogens is 372 g/mol. The molecule has 0 saturated heterocycles. The summed E-state index contributed by atoms with van der Waals surface area (Å²) in [6.07, 6.45) is 1.66. The molecule has 0 radical (unpaired) electrons. The number of carbonyl (C=O) groups excluding carboxylic acids is 1. The summed E-state index contributed by atoms with van der Waals surface area (Å²) in [5.41, 5.74) is 3.40. The van der Waals surface area contributed by atoms with Crippen LogP contribution in [0, 0.1) is 13.8 Å². The molecule has 0 fully saturated rings. The Labute approximate surface area is 129 Å². The molecular formula is C14H14Br2N2O. The van der Waals surface area contributed by atoms with E-state index in [1.165, 1.54) is 0 Å². The minimum absolute atomic E-state index is 0.00933. The number of halogens is 2. The lowest BCUT2D eigenvalue weighted by atomic mass is 10.0. The van der Waals surface area contributed by atoms with E-state index >= 15 is 0 Å². The first-order valence-electron chi connectivity index (χ1n) is 5.98. The zero-order valence-electron chi connectivity index (χ0n) is 11.0. The Balaban J connectivity index is 2.53. The molecule has 100 valence electrons. The van der Waals surface area contributed by atoms with Crippen molar-refractivity contribution in [2.45, 2.75) is 27.3 Å². The van der Waals surface area contributed by atoms with E-state index in [9.17, 15) is 4.79 Å². The predicted molar refractivity (Wildman–Crippen MR) is 82.6 cm³/mol. The molecule has 2 aromatic rings. The lowest BCUT2D eigenvalue weighted by molar-refractivity contribution is 0.102. The van der Waals surface area contributed by atoms with E-state index in [1.807, 2.05) is 32.9 Å². The largest absolute Gasteiger partial charge is 0.287 e. The van der Waals surface area contributed by atoms with Gasteiger partial charge in [-0.2, -0.15) is 5.10 Å². The molecule has 5 heteroatoms. The van der Waals surface area contributed by atoms with Crippen molar-refractivity contribution in [2.75, 3.05) is 0 Å². The molecule has 3 nitrogen and oxygen atoms in total. The molecule has 0 spiro atoms. The maximum absolute atomic E-state index is 12.6. The second-order valence-electron chi connectivity index (χ2n) is 4.41. The van der Waals surface area contributed by atoms with Crippen molar-refractivity contribution in [1.29, 1.82) is 0 Å². The number of hydrogen-bond donors (Lipinski definition) is 0. The molecule has 0 bridgehead atoms. The Morgan fingerprint density at radius 2 is 1.84 bits per heavy atom. The van der Waals surface area contributed by atoms with Gasteiger partial charge < -0.3 is 0 Å². The van der Waals surface area contributed by atoms with Crippen molar-refractivity contribution < 1.29 is 4.79 Å². The van der Waals surface area contributed by atoms with Gasteiger partial charge in [0.25, 0.3) is 0 Å². The highest BCUT2D eigenvalue weighted by Gasteiger charge is 2.19. The van der Waals surface area contributed by atoms with Gasteiger partial charge in [0.05, 0.1) is 10.7 Å². The Hall–Kier alpha value is -0.940. The molecule has 0 amide bonds. The Morgan fingerprint density at radius 3 is 2.37 bits per heavy atom. The monoisotopic (exact) mass is 384 g/mol. The fraction of sp³-hybridized carbons (Fsp3) is 0.286. The van der Waals surface area contributed by atoms with E-state index < -0.39 is 0 Å². The standard InChI is InChI=1S/C14H14Br2N2O/c1-4-18-13(11(15)7-17-18)14(19)10-5-8(2)12(16)9(3)6-10/h5-7H,4H2,1-3H3. The number of rotatable bonds is 3. The molecule has 1 aromatic carbocycles. The molecule has 0 unspecified atom stereocenters. The van der Waals surface area contributed by atoms with Crippen LogP contribution in [0.15, 0.2) is 27.3 Å². The summed E-state index contributed by atoms with van der Waals surface area (Å²) in [5.74, 6) is -0.00933. The molecule has 0 atom stereocenters. The van der Waals surface area contributed by atoms with Crippen LogP contribution in [-0.4, -0.2) is 15.6 Å². The number of carbonyl (C=O) groups is 1. The van der Waals surface area contributed by atoms with Crippen molar-refractivity contribution in [3.05, 3.63) is 49.7 Å². The summed E-state index contributed by atoms with van der Waals surface area (Å²) >= 11 is 6.91. The van der Waals surface area contributed by atoms with E-state index in [4.69, 9.17) is 0 Å². The first-order chi connectivity index (χ1) is 8.95. The van der Waals surface area contributed by atoms with Gasteiger partial charge in [-0.1, -0.05) is 15.9 Å². The highest BCUT2D eigenvalue weighted by Crippen LogP contribution is 2.26. The van der Waals surface area contributed by atoms with Gasteiger partial charge in [-0.25, -0.2) is 0 Å². The summed E-state index contributed by atoms with van der Waals surface area (Å²) in [5, 5.41) is 4.18. The highest BCUT2D eigenvalue weighted by molar-refractivity contribution is 9.10. The second-order valence-corrected chi connectivity index (χ2v) is 6.06. The summed E-state index contributed by atoms with van der Waals surface area (Å²) in [4.78, 5) is 12.6. The van der Waals surface area contributed by atoms with Gasteiger partial charge in [0.2, 0.25) is 5.78 Å². The summed E-state index contributed by atoms with van der Waals surface area (Å²) in [6, 6.07) is 3.80. The fourth-order valence-corrected chi connectivity index (χ4v) is 2.75. The van der Waals surface area contributed by atoms with Crippen molar-refractivity contribution in [3.63, 3.8) is 0 Å². The molecule has 1 aromatic heterocycles. The smallest absolute Gasteiger partial charge is 0.212 e. The number of benzene rings is 1. The maximum atomic E-state index is 12.6. The number of ketones is 1. The Bertz CT molecular complexity index is 624. The third-order valence-corrected chi connectivity index (χ3v) is 4.84. The van der Waals surface area contributed by atoms with E-state index in [-0.39, 0.29) is 5.78 Å². The van der Waals surface area contributed by atoms with Crippen LogP contribution in [0.1, 0.15) is 34.1 Å². The minimum Gasteiger partial charge on any atom is -0.287 e. The van der Waals surface area contributed by atoms with Crippen LogP contribution >= 0.6 is 31.9 Å². The van der Waals surface area contributed by atoms with Crippen LogP contribution in [0.4, 0.5) is 0 Å². The Kier molecular flexibility index (Phi) is 4.26. The quantitative estimate of drug-likeness (QED) is 0.739. The molecule has 0 aliphatic rings. The van der Waals surface area contributed by atoms with Crippen LogP contribution in [0.2, 0.25) is 0 Å². The van der Waals surface area contributed by atoms with E-state index in [0.29, 0.717) is 17.8 Å². The van der Waals surface area contributed by atoms with Gasteiger partial charge in [-0.15, -0.1) is 0 Å². The molecule has 19 heavy (non-hydrogen) atoms. The third-order valence-electron chi connectivity index (χ3n) is 3.01. The third kappa shape index (κ3) is 2.67. The van der Waals surface area contributed by atoms with Crippen molar-refractivity contribution in [2.24, 2.45) is 0 Å². The van der Waals surface area contributed by atoms with Crippen LogP contribution in [-0.2, 0) is 6.54 Å². The molecule has 0 N–H and O–H groups in total. The van der Waals surface area contributed by atoms with Crippen molar-refractivity contribution >= 4 is 37.6 Å². The lowest BCUT2D eigenvalue weighted by Crippen LogP contribution is -2.11. The molecule has 0 aliphatic heterocycles. The van der Waals surface area contributed by atoms with Gasteiger partial charge in [0.1, 0.15) is 5.69 Å². The maximum Gasteiger partial charge on any atom is 0.212 e. The average Bonchev–Trinajstić information content (AvgIpc) is 2.75. The van der Waals surface area contributed by atoms with E-state index in [2.05, 4.69) is 37.0 Å². The van der Waals surface area contributed by atoms with Gasteiger partial charge in [-0.3, -0.25) is 9.48 Å². The predicted octanol–water partition coefficient (Wildman–Crippen LogP) is 4.28. The lowest BCUT2D eigenvalue weighted by Gasteiger charge is -2.09. The molecule has 1 heterocycles. The summed E-state index contributed by atoms with van der Waals surface area (Å²) in [6.45, 7) is 6.61.